The molecule has 0 aromatic heterocycles. The molecule has 1 aromatic rings. The summed E-state index contributed by atoms with van der Waals surface area (Å²) in [6.07, 6.45) is 2.61. The SMILES string of the molecule is CCOC(OCC)O[Si]CCCCc1ccc(F)c(F)c1. The van der Waals surface area contributed by atoms with Crippen LogP contribution in [-0.4, -0.2) is 29.5 Å². The minimum atomic E-state index is -0.800. The van der Waals surface area contributed by atoms with Crippen LogP contribution in [0.15, 0.2) is 18.2 Å². The molecule has 0 heterocycles. The third kappa shape index (κ3) is 7.66. The lowest BCUT2D eigenvalue weighted by Gasteiger charge is -2.16. The Morgan fingerprint density at radius 1 is 1.05 bits per heavy atom. The van der Waals surface area contributed by atoms with Crippen molar-refractivity contribution in [1.82, 2.24) is 0 Å². The molecule has 0 aliphatic heterocycles. The Labute approximate surface area is 127 Å². The van der Waals surface area contributed by atoms with Crippen LogP contribution in [0.5, 0.6) is 0 Å². The molecule has 21 heavy (non-hydrogen) atoms. The largest absolute Gasteiger partial charge is 0.372 e. The standard InChI is InChI=1S/C15H22F2O3Si/c1-3-18-15(19-4-2)20-21-10-6-5-7-12-8-9-13(16)14(17)11-12/h8-9,11,15H,3-7,10H2,1-2H3. The normalized spacial score (nSPS) is 11.3. The highest BCUT2D eigenvalue weighted by molar-refractivity contribution is 6.27. The van der Waals surface area contributed by atoms with E-state index in [1.165, 1.54) is 12.1 Å². The van der Waals surface area contributed by atoms with Crippen molar-refractivity contribution in [3.63, 3.8) is 0 Å². The van der Waals surface area contributed by atoms with Gasteiger partial charge in [-0.05, 0) is 50.4 Å². The third-order valence-corrected chi connectivity index (χ3v) is 3.68. The van der Waals surface area contributed by atoms with E-state index < -0.39 is 18.1 Å². The molecular weight excluding hydrogens is 294 g/mol. The van der Waals surface area contributed by atoms with Gasteiger partial charge in [-0.1, -0.05) is 12.5 Å². The zero-order valence-corrected chi connectivity index (χ0v) is 13.5. The maximum atomic E-state index is 13.0. The fraction of sp³-hybridized carbons (Fsp3) is 0.600. The molecule has 1 aromatic carbocycles. The van der Waals surface area contributed by atoms with Crippen molar-refractivity contribution in [3.8, 4) is 0 Å². The van der Waals surface area contributed by atoms with Crippen molar-refractivity contribution >= 4 is 9.76 Å². The first kappa shape index (κ1) is 18.2. The summed E-state index contributed by atoms with van der Waals surface area (Å²) in [6.45, 7) is 4.29. The quantitative estimate of drug-likeness (QED) is 0.354. The van der Waals surface area contributed by atoms with Crippen LogP contribution in [0.1, 0.15) is 32.3 Å². The molecule has 1 rings (SSSR count). The minimum Gasteiger partial charge on any atom is -0.372 e. The van der Waals surface area contributed by atoms with E-state index in [0.717, 1.165) is 30.9 Å². The lowest BCUT2D eigenvalue weighted by Crippen LogP contribution is -2.22. The molecule has 0 saturated heterocycles. The lowest BCUT2D eigenvalue weighted by atomic mass is 10.1. The molecule has 2 radical (unpaired) electrons. The van der Waals surface area contributed by atoms with Crippen molar-refractivity contribution in [2.75, 3.05) is 13.2 Å². The van der Waals surface area contributed by atoms with Crippen LogP contribution in [0.2, 0.25) is 6.04 Å². The molecule has 0 spiro atoms. The second-order valence-electron chi connectivity index (χ2n) is 4.42. The van der Waals surface area contributed by atoms with Gasteiger partial charge in [0.15, 0.2) is 11.6 Å². The fourth-order valence-electron chi connectivity index (χ4n) is 1.74. The molecule has 0 atom stereocenters. The Morgan fingerprint density at radius 2 is 1.76 bits per heavy atom. The van der Waals surface area contributed by atoms with Gasteiger partial charge in [-0.25, -0.2) is 8.78 Å². The first-order valence-electron chi connectivity index (χ1n) is 7.23. The smallest absolute Gasteiger partial charge is 0.261 e. The molecule has 0 unspecified atom stereocenters. The van der Waals surface area contributed by atoms with Gasteiger partial charge in [0, 0.05) is 13.2 Å². The van der Waals surface area contributed by atoms with Crippen LogP contribution >= 0.6 is 0 Å². The fourth-order valence-corrected chi connectivity index (χ4v) is 2.52. The molecule has 0 aliphatic carbocycles. The third-order valence-electron chi connectivity index (χ3n) is 2.76. The highest BCUT2D eigenvalue weighted by Gasteiger charge is 2.08. The number of hydrogen-bond acceptors (Lipinski definition) is 3. The van der Waals surface area contributed by atoms with E-state index in [0.29, 0.717) is 23.0 Å². The van der Waals surface area contributed by atoms with Crippen molar-refractivity contribution in [1.29, 1.82) is 0 Å². The summed E-state index contributed by atoms with van der Waals surface area (Å²) in [7, 11) is 0.311. The van der Waals surface area contributed by atoms with E-state index in [2.05, 4.69) is 0 Å². The summed E-state index contributed by atoms with van der Waals surface area (Å²) in [6, 6.07) is 4.95. The van der Waals surface area contributed by atoms with E-state index in [4.69, 9.17) is 13.9 Å². The van der Waals surface area contributed by atoms with E-state index in [1.807, 2.05) is 13.8 Å². The van der Waals surface area contributed by atoms with Gasteiger partial charge >= 0.3 is 0 Å². The minimum absolute atomic E-state index is 0.311. The van der Waals surface area contributed by atoms with E-state index in [1.54, 1.807) is 6.07 Å². The summed E-state index contributed by atoms with van der Waals surface area (Å²) in [4.78, 5) is 0. The second-order valence-corrected chi connectivity index (χ2v) is 5.44. The highest BCUT2D eigenvalue weighted by atomic mass is 28.2. The average Bonchev–Trinajstić information content (AvgIpc) is 2.46. The Hall–Kier alpha value is -0.823. The summed E-state index contributed by atoms with van der Waals surface area (Å²) in [5.74, 6) is -1.58. The van der Waals surface area contributed by atoms with Gasteiger partial charge in [-0.15, -0.1) is 0 Å². The number of hydrogen-bond donors (Lipinski definition) is 0. The van der Waals surface area contributed by atoms with Crippen LogP contribution in [0.4, 0.5) is 8.78 Å². The van der Waals surface area contributed by atoms with Crippen LogP contribution in [0.25, 0.3) is 0 Å². The number of unbranched alkanes of at least 4 members (excludes halogenated alkanes) is 1. The maximum Gasteiger partial charge on any atom is 0.261 e. The van der Waals surface area contributed by atoms with Gasteiger partial charge in [0.2, 0.25) is 9.76 Å². The first-order valence-corrected chi connectivity index (χ1v) is 8.34. The summed E-state index contributed by atoms with van der Waals surface area (Å²) in [5.41, 5.74) is 0.819. The lowest BCUT2D eigenvalue weighted by molar-refractivity contribution is -0.243. The first-order chi connectivity index (χ1) is 10.2. The maximum absolute atomic E-state index is 13.0. The Morgan fingerprint density at radius 3 is 2.38 bits per heavy atom. The predicted molar refractivity (Wildman–Crippen MR) is 78.0 cm³/mol. The molecule has 0 amide bonds. The monoisotopic (exact) mass is 316 g/mol. The molecular formula is C15H22F2O3Si. The van der Waals surface area contributed by atoms with Gasteiger partial charge in [0.25, 0.3) is 6.48 Å². The van der Waals surface area contributed by atoms with Gasteiger partial charge in [-0.3, -0.25) is 0 Å². The van der Waals surface area contributed by atoms with Crippen molar-refractivity contribution in [2.45, 2.75) is 45.6 Å². The average molecular weight is 316 g/mol. The van der Waals surface area contributed by atoms with E-state index in [-0.39, 0.29) is 0 Å². The van der Waals surface area contributed by atoms with Crippen LogP contribution in [-0.2, 0) is 20.3 Å². The van der Waals surface area contributed by atoms with Gasteiger partial charge in [0.05, 0.1) is 0 Å². The molecule has 6 heteroatoms. The van der Waals surface area contributed by atoms with Gasteiger partial charge in [-0.2, -0.15) is 0 Å². The molecule has 0 fully saturated rings. The number of benzene rings is 1. The Balaban J connectivity index is 2.12. The van der Waals surface area contributed by atoms with E-state index in [9.17, 15) is 8.78 Å². The topological polar surface area (TPSA) is 27.7 Å². The van der Waals surface area contributed by atoms with Crippen LogP contribution < -0.4 is 0 Å². The zero-order chi connectivity index (χ0) is 15.5. The summed E-state index contributed by atoms with van der Waals surface area (Å²) < 4.78 is 41.8. The molecule has 0 aliphatic rings. The predicted octanol–water partition coefficient (Wildman–Crippen LogP) is 3.70. The van der Waals surface area contributed by atoms with Crippen molar-refractivity contribution < 1.29 is 22.7 Å². The molecule has 3 nitrogen and oxygen atoms in total. The number of halogens is 2. The molecule has 0 N–H and O–H groups in total. The number of rotatable bonds is 11. The summed E-state index contributed by atoms with van der Waals surface area (Å²) in [5, 5.41) is 0. The number of aryl methyl sites for hydroxylation is 1. The second kappa shape index (κ2) is 10.8. The molecule has 0 bridgehead atoms. The van der Waals surface area contributed by atoms with Crippen molar-refractivity contribution in [3.05, 3.63) is 35.4 Å². The van der Waals surface area contributed by atoms with E-state index >= 15 is 0 Å². The summed E-state index contributed by atoms with van der Waals surface area (Å²) >= 11 is 0. The highest BCUT2D eigenvalue weighted by Crippen LogP contribution is 2.12. The molecule has 0 saturated carbocycles. The Bertz CT molecular complexity index is 399. The Kier molecular flexibility index (Phi) is 9.41. The van der Waals surface area contributed by atoms with Gasteiger partial charge < -0.3 is 13.9 Å². The van der Waals surface area contributed by atoms with Crippen molar-refractivity contribution in [2.24, 2.45) is 0 Å². The molecule has 118 valence electrons. The van der Waals surface area contributed by atoms with Crippen LogP contribution in [0.3, 0.4) is 0 Å². The van der Waals surface area contributed by atoms with Crippen LogP contribution in [0, 0.1) is 11.6 Å². The number of ether oxygens (including phenoxy) is 2. The zero-order valence-electron chi connectivity index (χ0n) is 12.5. The van der Waals surface area contributed by atoms with Gasteiger partial charge in [0.1, 0.15) is 0 Å².